The van der Waals surface area contributed by atoms with Gasteiger partial charge in [-0.25, -0.2) is 14.2 Å². The lowest BCUT2D eigenvalue weighted by Gasteiger charge is -2.08. The number of aryl methyl sites for hydroxylation is 1. The standard InChI is InChI=1S/C13H8FN3O3/c1-7-5-8(6-15)17-13(16-7)20-10-4-2-3-9(14)11(10)12(18)19/h2-5H,1H3,(H,18,19). The first-order valence-electron chi connectivity index (χ1n) is 5.46. The molecular weight excluding hydrogens is 265 g/mol. The van der Waals surface area contributed by atoms with Crippen LogP contribution in [0, 0.1) is 24.1 Å². The highest BCUT2D eigenvalue weighted by molar-refractivity contribution is 5.91. The van der Waals surface area contributed by atoms with Crippen LogP contribution in [-0.2, 0) is 0 Å². The largest absolute Gasteiger partial charge is 0.477 e. The van der Waals surface area contributed by atoms with E-state index in [0.717, 1.165) is 6.07 Å². The third-order valence-corrected chi connectivity index (χ3v) is 2.34. The van der Waals surface area contributed by atoms with E-state index in [2.05, 4.69) is 9.97 Å². The highest BCUT2D eigenvalue weighted by Gasteiger charge is 2.18. The molecule has 1 aromatic heterocycles. The molecule has 0 fully saturated rings. The maximum absolute atomic E-state index is 13.5. The maximum Gasteiger partial charge on any atom is 0.342 e. The van der Waals surface area contributed by atoms with E-state index in [1.165, 1.54) is 18.2 Å². The lowest BCUT2D eigenvalue weighted by molar-refractivity contribution is 0.0689. The number of aromatic carboxylic acids is 1. The van der Waals surface area contributed by atoms with Gasteiger partial charge in [-0.05, 0) is 25.1 Å². The van der Waals surface area contributed by atoms with Gasteiger partial charge in [0.15, 0.2) is 0 Å². The van der Waals surface area contributed by atoms with Crippen molar-refractivity contribution in [1.29, 1.82) is 5.26 Å². The van der Waals surface area contributed by atoms with Crippen molar-refractivity contribution in [3.05, 3.63) is 47.0 Å². The van der Waals surface area contributed by atoms with Crippen LogP contribution < -0.4 is 4.74 Å². The zero-order valence-electron chi connectivity index (χ0n) is 10.3. The summed E-state index contributed by atoms with van der Waals surface area (Å²) >= 11 is 0. The van der Waals surface area contributed by atoms with Crippen LogP contribution in [0.15, 0.2) is 24.3 Å². The van der Waals surface area contributed by atoms with Gasteiger partial charge in [0.1, 0.15) is 28.9 Å². The first-order chi connectivity index (χ1) is 9.51. The second-order valence-corrected chi connectivity index (χ2v) is 3.81. The summed E-state index contributed by atoms with van der Waals surface area (Å²) in [5.74, 6) is -2.62. The molecule has 7 heteroatoms. The van der Waals surface area contributed by atoms with Crippen LogP contribution in [0.2, 0.25) is 0 Å². The zero-order valence-corrected chi connectivity index (χ0v) is 10.3. The number of benzene rings is 1. The average molecular weight is 273 g/mol. The van der Waals surface area contributed by atoms with Gasteiger partial charge in [0, 0.05) is 5.69 Å². The van der Waals surface area contributed by atoms with E-state index in [-0.39, 0.29) is 17.5 Å². The summed E-state index contributed by atoms with van der Waals surface area (Å²) in [6, 6.07) is 6.64. The molecule has 0 radical (unpaired) electrons. The monoisotopic (exact) mass is 273 g/mol. The molecule has 0 aliphatic heterocycles. The van der Waals surface area contributed by atoms with Crippen molar-refractivity contribution in [1.82, 2.24) is 9.97 Å². The number of halogens is 1. The molecule has 0 aliphatic rings. The van der Waals surface area contributed by atoms with Gasteiger partial charge in [0.2, 0.25) is 0 Å². The molecular formula is C13H8FN3O3. The number of rotatable bonds is 3. The van der Waals surface area contributed by atoms with Gasteiger partial charge in [-0.15, -0.1) is 0 Å². The third kappa shape index (κ3) is 2.70. The number of hydrogen-bond acceptors (Lipinski definition) is 5. The number of aromatic nitrogens is 2. The van der Waals surface area contributed by atoms with Crippen molar-refractivity contribution in [3.8, 4) is 17.8 Å². The Balaban J connectivity index is 2.46. The first-order valence-corrected chi connectivity index (χ1v) is 5.46. The number of carbonyl (C=O) groups is 1. The van der Waals surface area contributed by atoms with Crippen molar-refractivity contribution in [2.24, 2.45) is 0 Å². The van der Waals surface area contributed by atoms with Gasteiger partial charge in [-0.3, -0.25) is 0 Å². The van der Waals surface area contributed by atoms with E-state index in [0.29, 0.717) is 5.69 Å². The van der Waals surface area contributed by atoms with E-state index in [4.69, 9.17) is 15.1 Å². The van der Waals surface area contributed by atoms with Crippen molar-refractivity contribution in [2.75, 3.05) is 0 Å². The Bertz CT molecular complexity index is 725. The van der Waals surface area contributed by atoms with Gasteiger partial charge in [0.05, 0.1) is 0 Å². The summed E-state index contributed by atoms with van der Waals surface area (Å²) in [6.45, 7) is 1.62. The highest BCUT2D eigenvalue weighted by atomic mass is 19.1. The van der Waals surface area contributed by atoms with E-state index in [9.17, 15) is 9.18 Å². The molecule has 0 amide bonds. The van der Waals surface area contributed by atoms with Crippen molar-refractivity contribution in [3.63, 3.8) is 0 Å². The fourth-order valence-electron chi connectivity index (χ4n) is 1.54. The summed E-state index contributed by atoms with van der Waals surface area (Å²) in [7, 11) is 0. The Kier molecular flexibility index (Phi) is 3.57. The first kappa shape index (κ1) is 13.4. The molecule has 0 saturated carbocycles. The fraction of sp³-hybridized carbons (Fsp3) is 0.0769. The van der Waals surface area contributed by atoms with Crippen LogP contribution in [0.5, 0.6) is 11.8 Å². The van der Waals surface area contributed by atoms with E-state index in [1.54, 1.807) is 6.92 Å². The predicted molar refractivity (Wildman–Crippen MR) is 64.9 cm³/mol. The summed E-state index contributed by atoms with van der Waals surface area (Å²) in [5.41, 5.74) is -0.0725. The summed E-state index contributed by atoms with van der Waals surface area (Å²) in [4.78, 5) is 18.7. The molecule has 0 atom stereocenters. The van der Waals surface area contributed by atoms with E-state index in [1.807, 2.05) is 6.07 Å². The number of ether oxygens (including phenoxy) is 1. The Morgan fingerprint density at radius 1 is 1.45 bits per heavy atom. The Morgan fingerprint density at radius 3 is 2.85 bits per heavy atom. The molecule has 1 N–H and O–H groups in total. The van der Waals surface area contributed by atoms with Crippen molar-refractivity contribution < 1.29 is 19.0 Å². The fourth-order valence-corrected chi connectivity index (χ4v) is 1.54. The Labute approximate surface area is 113 Å². The smallest absolute Gasteiger partial charge is 0.342 e. The minimum absolute atomic E-state index is 0.0702. The average Bonchev–Trinajstić information content (AvgIpc) is 2.37. The minimum atomic E-state index is -1.47. The molecule has 1 aromatic carbocycles. The SMILES string of the molecule is Cc1cc(C#N)nc(Oc2cccc(F)c2C(=O)O)n1. The molecule has 2 aromatic rings. The van der Waals surface area contributed by atoms with Gasteiger partial charge >= 0.3 is 12.0 Å². The van der Waals surface area contributed by atoms with Gasteiger partial charge in [0.25, 0.3) is 0 Å². The van der Waals surface area contributed by atoms with Crippen LogP contribution in [0.4, 0.5) is 4.39 Å². The van der Waals surface area contributed by atoms with Crippen molar-refractivity contribution >= 4 is 5.97 Å². The van der Waals surface area contributed by atoms with Gasteiger partial charge < -0.3 is 9.84 Å². The second kappa shape index (κ2) is 5.32. The van der Waals surface area contributed by atoms with Crippen LogP contribution in [0.25, 0.3) is 0 Å². The third-order valence-electron chi connectivity index (χ3n) is 2.34. The van der Waals surface area contributed by atoms with Crippen LogP contribution in [-0.4, -0.2) is 21.0 Å². The maximum atomic E-state index is 13.5. The van der Waals surface area contributed by atoms with Crippen LogP contribution in [0.1, 0.15) is 21.7 Å². The number of carboxylic acids is 1. The van der Waals surface area contributed by atoms with Crippen molar-refractivity contribution in [2.45, 2.75) is 6.92 Å². The molecule has 0 spiro atoms. The topological polar surface area (TPSA) is 96.1 Å². The van der Waals surface area contributed by atoms with E-state index < -0.39 is 17.3 Å². The molecule has 0 bridgehead atoms. The summed E-state index contributed by atoms with van der Waals surface area (Å²) in [6.07, 6.45) is 0. The molecule has 1 heterocycles. The normalized spacial score (nSPS) is 9.85. The van der Waals surface area contributed by atoms with Crippen LogP contribution in [0.3, 0.4) is 0 Å². The number of carboxylic acid groups (broad SMARTS) is 1. The Morgan fingerprint density at radius 2 is 2.20 bits per heavy atom. The molecule has 0 saturated heterocycles. The lowest BCUT2D eigenvalue weighted by Crippen LogP contribution is -2.05. The molecule has 6 nitrogen and oxygen atoms in total. The minimum Gasteiger partial charge on any atom is -0.477 e. The second-order valence-electron chi connectivity index (χ2n) is 3.81. The highest BCUT2D eigenvalue weighted by Crippen LogP contribution is 2.25. The molecule has 20 heavy (non-hydrogen) atoms. The zero-order chi connectivity index (χ0) is 14.7. The van der Waals surface area contributed by atoms with E-state index >= 15 is 0 Å². The van der Waals surface area contributed by atoms with Gasteiger partial charge in [-0.2, -0.15) is 10.2 Å². The molecule has 2 rings (SSSR count). The number of hydrogen-bond donors (Lipinski definition) is 1. The number of nitriles is 1. The quantitative estimate of drug-likeness (QED) is 0.921. The lowest BCUT2D eigenvalue weighted by atomic mass is 10.2. The summed E-state index contributed by atoms with van der Waals surface area (Å²) < 4.78 is 18.7. The predicted octanol–water partition coefficient (Wildman–Crippen LogP) is 2.29. The molecule has 0 unspecified atom stereocenters. The van der Waals surface area contributed by atoms with Gasteiger partial charge in [-0.1, -0.05) is 6.07 Å². The number of nitrogens with zero attached hydrogens (tertiary/aromatic N) is 3. The Hall–Kier alpha value is -3.01. The molecule has 0 aliphatic carbocycles. The summed E-state index contributed by atoms with van der Waals surface area (Å²) in [5, 5.41) is 17.8. The van der Waals surface area contributed by atoms with Crippen LogP contribution >= 0.6 is 0 Å². The molecule has 100 valence electrons.